The Morgan fingerprint density at radius 2 is 1.90 bits per heavy atom. The molecule has 0 aliphatic carbocycles. The van der Waals surface area contributed by atoms with Gasteiger partial charge in [0.05, 0.1) is 0 Å². The van der Waals surface area contributed by atoms with Crippen LogP contribution in [0.15, 0.2) is 61.2 Å². The van der Waals surface area contributed by atoms with Crippen molar-refractivity contribution >= 4 is 11.6 Å². The molecule has 110 valence electrons. The van der Waals surface area contributed by atoms with Crippen LogP contribution in [0.3, 0.4) is 0 Å². The van der Waals surface area contributed by atoms with E-state index >= 15 is 0 Å². The van der Waals surface area contributed by atoms with Gasteiger partial charge in [-0.2, -0.15) is 0 Å². The predicted octanol–water partition coefficient (Wildman–Crippen LogP) is 4.76. The average Bonchev–Trinajstić information content (AvgIpc) is 2.52. The molecule has 0 saturated heterocycles. The highest BCUT2D eigenvalue weighted by atomic mass is 35.5. The first-order valence-corrected chi connectivity index (χ1v) is 7.39. The largest absolute Gasteiger partial charge is 0.489 e. The van der Waals surface area contributed by atoms with Crippen molar-refractivity contribution in [1.82, 2.24) is 5.32 Å². The smallest absolute Gasteiger partial charge is 0.124 e. The van der Waals surface area contributed by atoms with Crippen molar-refractivity contribution in [3.63, 3.8) is 0 Å². The average molecular weight is 302 g/mol. The molecule has 2 aromatic rings. The number of hydrogen-bond donors (Lipinski definition) is 1. The first-order valence-electron chi connectivity index (χ1n) is 7.01. The van der Waals surface area contributed by atoms with E-state index in [9.17, 15) is 0 Å². The van der Waals surface area contributed by atoms with Gasteiger partial charge in [0, 0.05) is 23.2 Å². The summed E-state index contributed by atoms with van der Waals surface area (Å²) >= 11 is 6.22. The molecule has 1 N–H and O–H groups in total. The van der Waals surface area contributed by atoms with Crippen LogP contribution in [0, 0.1) is 0 Å². The normalized spacial score (nSPS) is 11.9. The molecule has 1 atom stereocenters. The van der Waals surface area contributed by atoms with Crippen molar-refractivity contribution < 1.29 is 4.74 Å². The summed E-state index contributed by atoms with van der Waals surface area (Å²) in [5, 5.41) is 4.27. The molecule has 2 nitrogen and oxygen atoms in total. The molecule has 3 heteroatoms. The summed E-state index contributed by atoms with van der Waals surface area (Å²) in [6.07, 6.45) is 1.75. The van der Waals surface area contributed by atoms with Crippen LogP contribution in [0.1, 0.15) is 24.1 Å². The van der Waals surface area contributed by atoms with Gasteiger partial charge in [-0.1, -0.05) is 60.7 Å². The van der Waals surface area contributed by atoms with E-state index in [1.54, 1.807) is 6.08 Å². The number of benzene rings is 2. The molecule has 0 aromatic heterocycles. The fourth-order valence-electron chi connectivity index (χ4n) is 2.14. The summed E-state index contributed by atoms with van der Waals surface area (Å²) in [5.74, 6) is 0.885. The van der Waals surface area contributed by atoms with Crippen LogP contribution in [-0.2, 0) is 6.54 Å². The Kier molecular flexibility index (Phi) is 5.85. The summed E-state index contributed by atoms with van der Waals surface area (Å²) < 4.78 is 5.66. The SMILES string of the molecule is C=CCOc1ccccc1CN[C@H](C)c1ccccc1Cl. The summed E-state index contributed by atoms with van der Waals surface area (Å²) in [4.78, 5) is 0. The maximum absolute atomic E-state index is 6.22. The second kappa shape index (κ2) is 7.87. The van der Waals surface area contributed by atoms with Gasteiger partial charge in [-0.15, -0.1) is 0 Å². The lowest BCUT2D eigenvalue weighted by Gasteiger charge is -2.17. The van der Waals surface area contributed by atoms with Crippen LogP contribution in [0.2, 0.25) is 5.02 Å². The Morgan fingerprint density at radius 3 is 2.67 bits per heavy atom. The molecule has 21 heavy (non-hydrogen) atoms. The lowest BCUT2D eigenvalue weighted by atomic mass is 10.1. The standard InChI is InChI=1S/C18H20ClNO/c1-3-12-21-18-11-7-4-8-15(18)13-20-14(2)16-9-5-6-10-17(16)19/h3-11,14,20H,1,12-13H2,2H3/t14-/m1/s1. The molecule has 0 unspecified atom stereocenters. The molecular formula is C18H20ClNO. The zero-order chi connectivity index (χ0) is 15.1. The molecule has 0 amide bonds. The molecule has 2 aromatic carbocycles. The van der Waals surface area contributed by atoms with Gasteiger partial charge in [0.15, 0.2) is 0 Å². The van der Waals surface area contributed by atoms with E-state index in [2.05, 4.69) is 24.9 Å². The van der Waals surface area contributed by atoms with E-state index in [0.717, 1.165) is 28.4 Å². The molecule has 0 aliphatic rings. The summed E-state index contributed by atoms with van der Waals surface area (Å²) in [6, 6.07) is 16.1. The molecule has 2 rings (SSSR count). The number of nitrogens with one attached hydrogen (secondary N) is 1. The van der Waals surface area contributed by atoms with Gasteiger partial charge >= 0.3 is 0 Å². The highest BCUT2D eigenvalue weighted by molar-refractivity contribution is 6.31. The number of hydrogen-bond acceptors (Lipinski definition) is 2. The van der Waals surface area contributed by atoms with Gasteiger partial charge < -0.3 is 10.1 Å². The van der Waals surface area contributed by atoms with Gasteiger partial charge in [-0.05, 0) is 24.6 Å². The van der Waals surface area contributed by atoms with Crippen LogP contribution in [0.4, 0.5) is 0 Å². The van der Waals surface area contributed by atoms with Crippen LogP contribution in [0.5, 0.6) is 5.75 Å². The van der Waals surface area contributed by atoms with Crippen molar-refractivity contribution in [3.8, 4) is 5.75 Å². The summed E-state index contributed by atoms with van der Waals surface area (Å²) in [7, 11) is 0. The fourth-order valence-corrected chi connectivity index (χ4v) is 2.44. The Bertz CT molecular complexity index is 597. The maximum Gasteiger partial charge on any atom is 0.124 e. The van der Waals surface area contributed by atoms with Gasteiger partial charge in [0.1, 0.15) is 12.4 Å². The topological polar surface area (TPSA) is 21.3 Å². The number of rotatable bonds is 7. The van der Waals surface area contributed by atoms with E-state index in [-0.39, 0.29) is 6.04 Å². The Balaban J connectivity index is 2.03. The second-order valence-electron chi connectivity index (χ2n) is 4.83. The molecule has 0 bridgehead atoms. The van der Waals surface area contributed by atoms with Crippen molar-refractivity contribution in [3.05, 3.63) is 77.3 Å². The molecular weight excluding hydrogens is 282 g/mol. The highest BCUT2D eigenvalue weighted by Gasteiger charge is 2.10. The van der Waals surface area contributed by atoms with Crippen LogP contribution in [-0.4, -0.2) is 6.61 Å². The lowest BCUT2D eigenvalue weighted by Crippen LogP contribution is -2.19. The summed E-state index contributed by atoms with van der Waals surface area (Å²) in [6.45, 7) is 7.01. The van der Waals surface area contributed by atoms with E-state index < -0.39 is 0 Å². The van der Waals surface area contributed by atoms with Crippen molar-refractivity contribution in [2.75, 3.05) is 6.61 Å². The van der Waals surface area contributed by atoms with Crippen molar-refractivity contribution in [2.24, 2.45) is 0 Å². The minimum Gasteiger partial charge on any atom is -0.489 e. The van der Waals surface area contributed by atoms with E-state index in [1.807, 2.05) is 42.5 Å². The van der Waals surface area contributed by atoms with Crippen LogP contribution < -0.4 is 10.1 Å². The minimum absolute atomic E-state index is 0.172. The Morgan fingerprint density at radius 1 is 1.19 bits per heavy atom. The molecule has 0 heterocycles. The first-order chi connectivity index (χ1) is 10.2. The van der Waals surface area contributed by atoms with Gasteiger partial charge in [-0.25, -0.2) is 0 Å². The minimum atomic E-state index is 0.172. The molecule has 0 saturated carbocycles. The van der Waals surface area contributed by atoms with Crippen LogP contribution in [0.25, 0.3) is 0 Å². The van der Waals surface area contributed by atoms with Gasteiger partial charge in [0.25, 0.3) is 0 Å². The zero-order valence-electron chi connectivity index (χ0n) is 12.2. The van der Waals surface area contributed by atoms with Crippen molar-refractivity contribution in [1.29, 1.82) is 0 Å². The fraction of sp³-hybridized carbons (Fsp3) is 0.222. The van der Waals surface area contributed by atoms with Gasteiger partial charge in [0.2, 0.25) is 0 Å². The second-order valence-corrected chi connectivity index (χ2v) is 5.24. The van der Waals surface area contributed by atoms with E-state index in [0.29, 0.717) is 6.61 Å². The lowest BCUT2D eigenvalue weighted by molar-refractivity contribution is 0.357. The third-order valence-corrected chi connectivity index (χ3v) is 3.64. The van der Waals surface area contributed by atoms with E-state index in [1.165, 1.54) is 0 Å². The Labute approximate surface area is 131 Å². The number of ether oxygens (including phenoxy) is 1. The molecule has 0 aliphatic heterocycles. The monoisotopic (exact) mass is 301 g/mol. The number of para-hydroxylation sites is 1. The van der Waals surface area contributed by atoms with Crippen LogP contribution >= 0.6 is 11.6 Å². The van der Waals surface area contributed by atoms with Gasteiger partial charge in [-0.3, -0.25) is 0 Å². The zero-order valence-corrected chi connectivity index (χ0v) is 12.9. The maximum atomic E-state index is 6.22. The van der Waals surface area contributed by atoms with E-state index in [4.69, 9.17) is 16.3 Å². The quantitative estimate of drug-likeness (QED) is 0.745. The molecule has 0 fully saturated rings. The third kappa shape index (κ3) is 4.35. The van der Waals surface area contributed by atoms with Crippen molar-refractivity contribution in [2.45, 2.75) is 19.5 Å². The molecule has 0 spiro atoms. The highest BCUT2D eigenvalue weighted by Crippen LogP contribution is 2.24. The summed E-state index contributed by atoms with van der Waals surface area (Å²) in [5.41, 5.74) is 2.22. The predicted molar refractivity (Wildman–Crippen MR) is 88.8 cm³/mol. The third-order valence-electron chi connectivity index (χ3n) is 3.30. The number of halogens is 1. The Hall–Kier alpha value is -1.77. The first kappa shape index (κ1) is 15.6. The molecule has 0 radical (unpaired) electrons.